The average molecular weight is 112 g/mol. The number of nitrogens with one attached hydrogen (secondary N) is 1. The molecule has 0 aromatic carbocycles. The van der Waals surface area contributed by atoms with Crippen molar-refractivity contribution in [2.45, 2.75) is 13.8 Å². The molecule has 8 heavy (non-hydrogen) atoms. The summed E-state index contributed by atoms with van der Waals surface area (Å²) in [6.07, 6.45) is 3.75. The molecule has 0 heterocycles. The zero-order chi connectivity index (χ0) is 6.57. The Morgan fingerprint density at radius 3 is 2.25 bits per heavy atom. The normalized spacial score (nSPS) is 9.88. The topological polar surface area (TPSA) is 27.1 Å². The number of hydrogen-bond donors (Lipinski definition) is 1. The summed E-state index contributed by atoms with van der Waals surface area (Å²) in [5.74, 6) is 0.558. The smallest absolute Gasteiger partial charge is 0.0963 e. The van der Waals surface area contributed by atoms with Crippen LogP contribution in [0, 0.1) is 5.41 Å². The third-order valence-corrected chi connectivity index (χ3v) is 0.902. The second kappa shape index (κ2) is 3.24. The molecule has 0 spiro atoms. The fourth-order valence-electron chi connectivity index (χ4n) is 0.335. The van der Waals surface area contributed by atoms with Crippen LogP contribution in [0.2, 0.25) is 0 Å². The summed E-state index contributed by atoms with van der Waals surface area (Å²) in [5, 5.41) is 7.08. The molecule has 0 aliphatic carbocycles. The Morgan fingerprint density at radius 1 is 1.62 bits per heavy atom. The van der Waals surface area contributed by atoms with Crippen LogP contribution in [0.4, 0.5) is 0 Å². The lowest BCUT2D eigenvalue weighted by Crippen LogP contribution is -2.15. The van der Waals surface area contributed by atoms with Crippen LogP contribution < -0.4 is 0 Å². The quantitative estimate of drug-likeness (QED) is 0.403. The number of allylic oxidation sites excluding steroid dienone is 1. The Morgan fingerprint density at radius 2 is 2.12 bits per heavy atom. The van der Waals surface area contributed by atoms with Crippen molar-refractivity contribution in [3.63, 3.8) is 0 Å². The third kappa shape index (κ3) is 2.39. The van der Waals surface area contributed by atoms with E-state index in [-0.39, 0.29) is 0 Å². The summed E-state index contributed by atoms with van der Waals surface area (Å²) in [6.45, 7) is 3.68. The summed E-state index contributed by atoms with van der Waals surface area (Å²) in [5.41, 5.74) is 0. The first-order chi connectivity index (χ1) is 3.68. The van der Waals surface area contributed by atoms with Crippen LogP contribution in [-0.2, 0) is 0 Å². The molecule has 0 aliphatic heterocycles. The monoisotopic (exact) mass is 112 g/mol. The van der Waals surface area contributed by atoms with Gasteiger partial charge in [0.15, 0.2) is 0 Å². The van der Waals surface area contributed by atoms with Crippen LogP contribution in [0.3, 0.4) is 0 Å². The van der Waals surface area contributed by atoms with Crippen LogP contribution in [-0.4, -0.2) is 17.8 Å². The van der Waals surface area contributed by atoms with Crippen molar-refractivity contribution in [1.29, 1.82) is 5.41 Å². The molecule has 0 amide bonds. The lowest BCUT2D eigenvalue weighted by atomic mass is 10.5. The summed E-state index contributed by atoms with van der Waals surface area (Å²) in [4.78, 5) is 1.75. The molecule has 0 bridgehead atoms. The molecule has 0 saturated heterocycles. The van der Waals surface area contributed by atoms with Gasteiger partial charge >= 0.3 is 0 Å². The van der Waals surface area contributed by atoms with Gasteiger partial charge < -0.3 is 4.90 Å². The first-order valence-corrected chi connectivity index (χ1v) is 2.59. The minimum Gasteiger partial charge on any atom is -0.341 e. The van der Waals surface area contributed by atoms with Gasteiger partial charge in [0.1, 0.15) is 0 Å². The van der Waals surface area contributed by atoms with Gasteiger partial charge in [0, 0.05) is 13.2 Å². The molecule has 2 heteroatoms. The van der Waals surface area contributed by atoms with Gasteiger partial charge in [-0.3, -0.25) is 5.41 Å². The zero-order valence-corrected chi connectivity index (χ0v) is 5.60. The Balaban J connectivity index is 3.64. The van der Waals surface area contributed by atoms with Crippen molar-refractivity contribution < 1.29 is 0 Å². The van der Waals surface area contributed by atoms with Gasteiger partial charge in [0.2, 0.25) is 0 Å². The molecule has 0 fully saturated rings. The van der Waals surface area contributed by atoms with Crippen LogP contribution in [0.15, 0.2) is 12.3 Å². The maximum atomic E-state index is 7.08. The van der Waals surface area contributed by atoms with E-state index in [0.717, 1.165) is 0 Å². The van der Waals surface area contributed by atoms with Gasteiger partial charge in [0.05, 0.1) is 5.84 Å². The Labute approximate surface area is 50.3 Å². The molecule has 0 atom stereocenters. The van der Waals surface area contributed by atoms with Crippen molar-refractivity contribution in [2.75, 3.05) is 7.05 Å². The highest BCUT2D eigenvalue weighted by atomic mass is 15.1. The number of amidine groups is 1. The van der Waals surface area contributed by atoms with E-state index in [4.69, 9.17) is 5.41 Å². The standard InChI is InChI=1S/C6H12N2/c1-4-5-8(3)6(2)7/h4-5,7H,1-3H3. The molecule has 0 aliphatic rings. The summed E-state index contributed by atoms with van der Waals surface area (Å²) >= 11 is 0. The Bertz CT molecular complexity index is 105. The van der Waals surface area contributed by atoms with E-state index >= 15 is 0 Å². The largest absolute Gasteiger partial charge is 0.341 e. The lowest BCUT2D eigenvalue weighted by Gasteiger charge is -2.09. The molecular weight excluding hydrogens is 100 g/mol. The fraction of sp³-hybridized carbons (Fsp3) is 0.500. The van der Waals surface area contributed by atoms with Gasteiger partial charge in [-0.2, -0.15) is 0 Å². The SMILES string of the molecule is CC=CN(C)C(C)=N. The zero-order valence-electron chi connectivity index (χ0n) is 5.60. The van der Waals surface area contributed by atoms with E-state index in [1.807, 2.05) is 26.2 Å². The van der Waals surface area contributed by atoms with Crippen LogP contribution in [0.5, 0.6) is 0 Å². The van der Waals surface area contributed by atoms with Crippen molar-refractivity contribution in [3.8, 4) is 0 Å². The van der Waals surface area contributed by atoms with Crippen molar-refractivity contribution >= 4 is 5.84 Å². The van der Waals surface area contributed by atoms with Crippen LogP contribution in [0.1, 0.15) is 13.8 Å². The second-order valence-electron chi connectivity index (χ2n) is 1.68. The molecule has 0 radical (unpaired) electrons. The number of rotatable bonds is 1. The second-order valence-corrected chi connectivity index (χ2v) is 1.68. The molecule has 0 saturated carbocycles. The van der Waals surface area contributed by atoms with Gasteiger partial charge in [0.25, 0.3) is 0 Å². The molecule has 46 valence electrons. The summed E-state index contributed by atoms with van der Waals surface area (Å²) < 4.78 is 0. The Kier molecular flexibility index (Phi) is 2.92. The highest BCUT2D eigenvalue weighted by Crippen LogP contribution is 1.83. The van der Waals surface area contributed by atoms with Gasteiger partial charge in [-0.1, -0.05) is 6.08 Å². The van der Waals surface area contributed by atoms with E-state index < -0.39 is 0 Å². The van der Waals surface area contributed by atoms with E-state index in [2.05, 4.69) is 0 Å². The van der Waals surface area contributed by atoms with Gasteiger partial charge in [-0.05, 0) is 13.8 Å². The predicted molar refractivity (Wildman–Crippen MR) is 36.0 cm³/mol. The molecule has 2 nitrogen and oxygen atoms in total. The number of nitrogens with zero attached hydrogens (tertiary/aromatic N) is 1. The highest BCUT2D eigenvalue weighted by Gasteiger charge is 1.87. The van der Waals surface area contributed by atoms with Gasteiger partial charge in [-0.25, -0.2) is 0 Å². The maximum Gasteiger partial charge on any atom is 0.0963 e. The summed E-state index contributed by atoms with van der Waals surface area (Å²) in [7, 11) is 1.85. The highest BCUT2D eigenvalue weighted by molar-refractivity contribution is 5.76. The minimum atomic E-state index is 0.558. The van der Waals surface area contributed by atoms with Crippen molar-refractivity contribution in [1.82, 2.24) is 4.90 Å². The van der Waals surface area contributed by atoms with Gasteiger partial charge in [-0.15, -0.1) is 0 Å². The molecule has 0 aromatic rings. The molecule has 0 aromatic heterocycles. The molecule has 1 N–H and O–H groups in total. The first-order valence-electron chi connectivity index (χ1n) is 2.59. The molecule has 0 rings (SSSR count). The van der Waals surface area contributed by atoms with E-state index in [1.54, 1.807) is 11.8 Å². The minimum absolute atomic E-state index is 0.558. The van der Waals surface area contributed by atoms with Crippen molar-refractivity contribution in [3.05, 3.63) is 12.3 Å². The predicted octanol–water partition coefficient (Wildman–Crippen LogP) is 1.45. The average Bonchev–Trinajstić information content (AvgIpc) is 1.67. The molecular formula is C6H12N2. The fourth-order valence-corrected chi connectivity index (χ4v) is 0.335. The summed E-state index contributed by atoms with van der Waals surface area (Å²) in [6, 6.07) is 0. The van der Waals surface area contributed by atoms with E-state index in [9.17, 15) is 0 Å². The lowest BCUT2D eigenvalue weighted by molar-refractivity contribution is 0.676. The number of hydrogen-bond acceptors (Lipinski definition) is 1. The first kappa shape index (κ1) is 7.21. The van der Waals surface area contributed by atoms with E-state index in [0.29, 0.717) is 5.84 Å². The van der Waals surface area contributed by atoms with Crippen LogP contribution in [0.25, 0.3) is 0 Å². The third-order valence-electron chi connectivity index (χ3n) is 0.902. The van der Waals surface area contributed by atoms with E-state index in [1.165, 1.54) is 0 Å². The maximum absolute atomic E-state index is 7.08. The van der Waals surface area contributed by atoms with Crippen molar-refractivity contribution in [2.24, 2.45) is 0 Å². The van der Waals surface area contributed by atoms with Crippen LogP contribution >= 0.6 is 0 Å². The molecule has 0 unspecified atom stereocenters. The Hall–Kier alpha value is -0.790.